The molecule has 0 aliphatic carbocycles. The third kappa shape index (κ3) is 4.28. The summed E-state index contributed by atoms with van der Waals surface area (Å²) in [5, 5.41) is 2.86. The van der Waals surface area contributed by atoms with E-state index in [0.717, 1.165) is 0 Å². The van der Waals surface area contributed by atoms with Crippen molar-refractivity contribution in [2.45, 2.75) is 15.3 Å². The summed E-state index contributed by atoms with van der Waals surface area (Å²) < 4.78 is 0.486. The molecular weight excluding hydrogens is 183 g/mol. The van der Waals surface area contributed by atoms with Crippen molar-refractivity contribution in [2.75, 3.05) is 5.75 Å². The van der Waals surface area contributed by atoms with Gasteiger partial charge in [0.1, 0.15) is 0 Å². The van der Waals surface area contributed by atoms with Gasteiger partial charge in [0.05, 0.1) is 4.71 Å². The van der Waals surface area contributed by atoms with E-state index in [1.165, 1.54) is 16.3 Å². The summed E-state index contributed by atoms with van der Waals surface area (Å²) in [6.45, 7) is 0. The summed E-state index contributed by atoms with van der Waals surface area (Å²) >= 11 is 8.04. The summed E-state index contributed by atoms with van der Waals surface area (Å²) in [6.07, 6.45) is 0. The van der Waals surface area contributed by atoms with Crippen LogP contribution in [-0.2, 0) is 0 Å². The average Bonchev–Trinajstić information content (AvgIpc) is 1.69. The van der Waals surface area contributed by atoms with Crippen molar-refractivity contribution < 1.29 is 0 Å². The van der Waals surface area contributed by atoms with Gasteiger partial charge in [0.2, 0.25) is 15.2 Å². The third-order valence-corrected chi connectivity index (χ3v) is 5.98. The molecule has 1 unspecified atom stereocenters. The van der Waals surface area contributed by atoms with Crippen molar-refractivity contribution >= 4 is 76.3 Å². The monoisotopic (exact) mass is 192 g/mol. The fourth-order valence-corrected chi connectivity index (χ4v) is 4.95. The number of alkyl halides is 1. The second kappa shape index (κ2) is 6.16. The first-order valence-corrected chi connectivity index (χ1v) is 6.14. The van der Waals surface area contributed by atoms with Crippen LogP contribution in [0.1, 0.15) is 0 Å². The molecule has 1 aliphatic rings. The van der Waals surface area contributed by atoms with Gasteiger partial charge >= 0.3 is 37.7 Å². The number of hydrogen-bond acceptors (Lipinski definition) is 1. The van der Waals surface area contributed by atoms with Crippen molar-refractivity contribution in [1.82, 2.24) is 0 Å². The predicted molar refractivity (Wildman–Crippen MR) is 47.4 cm³/mol. The molecule has 0 aromatic heterocycles. The van der Waals surface area contributed by atoms with Gasteiger partial charge in [-0.3, -0.25) is 0 Å². The Morgan fingerprint density at radius 3 is 2.62 bits per heavy atom. The van der Waals surface area contributed by atoms with Crippen molar-refractivity contribution in [3.8, 4) is 0 Å². The van der Waals surface area contributed by atoms with Crippen LogP contribution < -0.4 is 0 Å². The van der Waals surface area contributed by atoms with E-state index in [4.69, 9.17) is 11.6 Å². The van der Waals surface area contributed by atoms with Crippen LogP contribution in [0.4, 0.5) is 0 Å². The molecule has 8 heavy (non-hydrogen) atoms. The van der Waals surface area contributed by atoms with Gasteiger partial charge < -0.3 is 0 Å². The van der Waals surface area contributed by atoms with Crippen LogP contribution >= 0.6 is 23.4 Å². The Balaban J connectivity index is 0.000000490. The molecule has 1 aliphatic heterocycles. The van der Waals surface area contributed by atoms with Crippen LogP contribution in [0, 0.1) is 0 Å². The minimum absolute atomic E-state index is 0. The summed E-state index contributed by atoms with van der Waals surface area (Å²) in [4.78, 5) is 0. The van der Waals surface area contributed by atoms with E-state index < -0.39 is 0 Å². The van der Waals surface area contributed by atoms with E-state index in [1.807, 2.05) is 11.8 Å². The van der Waals surface area contributed by atoms with Gasteiger partial charge in [0, 0.05) is 0 Å². The van der Waals surface area contributed by atoms with Crippen molar-refractivity contribution in [2.24, 2.45) is 0 Å². The Morgan fingerprint density at radius 2 is 2.38 bits per heavy atom. The minimum atomic E-state index is 0. The number of hydrogen-bond donors (Lipinski definition) is 0. The fraction of sp³-hybridized carbons (Fsp3) is 1.00. The maximum atomic E-state index is 5.81. The van der Waals surface area contributed by atoms with Gasteiger partial charge in [-0.15, -0.1) is 23.4 Å². The number of rotatable bonds is 0. The number of thioether (sulfide) groups is 1. The Morgan fingerprint density at radius 1 is 1.62 bits per heavy atom. The Kier molecular flexibility index (Phi) is 8.04. The molecule has 1 heterocycles. The summed E-state index contributed by atoms with van der Waals surface area (Å²) in [5.74, 6) is 1.33. The second-order valence-corrected chi connectivity index (χ2v) is 5.86. The van der Waals surface area contributed by atoms with E-state index >= 15 is 0 Å². The average molecular weight is 193 g/mol. The van der Waals surface area contributed by atoms with E-state index in [-0.39, 0.29) is 37.7 Å². The molecule has 1 atom stereocenters. The molecule has 44 valence electrons. The summed E-state index contributed by atoms with van der Waals surface area (Å²) in [6, 6.07) is 0. The first-order valence-electron chi connectivity index (χ1n) is 2.65. The van der Waals surface area contributed by atoms with Crippen LogP contribution in [0.25, 0.3) is 0 Å². The quantitative estimate of drug-likeness (QED) is 0.402. The number of halogens is 1. The van der Waals surface area contributed by atoms with Crippen LogP contribution in [-0.4, -0.2) is 63.4 Å². The fourth-order valence-electron chi connectivity index (χ4n) is 0.701. The molecule has 0 aromatic carbocycles. The van der Waals surface area contributed by atoms with E-state index in [0.29, 0.717) is 19.9 Å². The molecule has 0 spiro atoms. The third-order valence-electron chi connectivity index (χ3n) is 1.12. The van der Waals surface area contributed by atoms with Gasteiger partial charge in [0.25, 0.3) is 0 Å². The predicted octanol–water partition coefficient (Wildman–Crippen LogP) is 0.655. The Bertz CT molecular complexity index is 58.0. The van der Waals surface area contributed by atoms with Gasteiger partial charge in [-0.25, -0.2) is 0 Å². The summed E-state index contributed by atoms with van der Waals surface area (Å²) in [5.41, 5.74) is 0. The van der Waals surface area contributed by atoms with E-state index in [9.17, 15) is 0 Å². The Labute approximate surface area is 95.8 Å². The van der Waals surface area contributed by atoms with Crippen molar-refractivity contribution in [1.29, 1.82) is 0 Å². The topological polar surface area (TPSA) is 0 Å². The van der Waals surface area contributed by atoms with Crippen LogP contribution in [0.3, 0.4) is 0 Å². The second-order valence-electron chi connectivity index (χ2n) is 1.78. The zero-order chi connectivity index (χ0) is 5.11. The van der Waals surface area contributed by atoms with Crippen LogP contribution in [0.15, 0.2) is 0 Å². The molecule has 0 saturated carbocycles. The molecule has 4 heteroatoms. The van der Waals surface area contributed by atoms with Crippen molar-refractivity contribution in [3.63, 3.8) is 0 Å². The molecule has 0 N–H and O–H groups in total. The van der Waals surface area contributed by atoms with E-state index in [1.54, 1.807) is 0 Å². The molecule has 1 fully saturated rings. The van der Waals surface area contributed by atoms with Gasteiger partial charge in [-0.2, -0.15) is 0 Å². The standard InChI is InChI=1S/C4H7ClS.Al.Ca.3H/c1-3-6-4(2)5;;;;;/h4H,1-3H2;;;;;. The van der Waals surface area contributed by atoms with Crippen LogP contribution in [0.5, 0.6) is 0 Å². The molecule has 0 amide bonds. The molecule has 1 rings (SSSR count). The van der Waals surface area contributed by atoms with Gasteiger partial charge in [-0.1, -0.05) is 10.6 Å². The molecule has 0 aromatic rings. The van der Waals surface area contributed by atoms with Gasteiger partial charge in [0.15, 0.2) is 0 Å². The SMILES string of the molecule is ClC1[CH2][AlH][CH2]CS1.[CaH2]. The molecule has 1 saturated heterocycles. The molecule has 0 radical (unpaired) electrons. The zero-order valence-corrected chi connectivity index (χ0v) is 7.18. The molecule has 0 nitrogen and oxygen atoms in total. The molecular formula is C4H10AlCaClS. The first-order chi connectivity index (χ1) is 3.39. The summed E-state index contributed by atoms with van der Waals surface area (Å²) in [7, 11) is 0. The van der Waals surface area contributed by atoms with E-state index in [2.05, 4.69) is 0 Å². The zero-order valence-electron chi connectivity index (χ0n) is 4.19. The maximum absolute atomic E-state index is 5.81. The van der Waals surface area contributed by atoms with Gasteiger partial charge in [-0.05, 0) is 5.75 Å². The normalized spacial score (nSPS) is 27.9. The molecule has 0 bridgehead atoms. The van der Waals surface area contributed by atoms with Crippen molar-refractivity contribution in [3.05, 3.63) is 0 Å². The Hall–Kier alpha value is 2.43. The van der Waals surface area contributed by atoms with Crippen LogP contribution in [0.2, 0.25) is 10.6 Å². The first kappa shape index (κ1) is 10.4.